The second kappa shape index (κ2) is 4.77. The van der Waals surface area contributed by atoms with Crippen LogP contribution in [0.2, 0.25) is 0 Å². The third-order valence-corrected chi connectivity index (χ3v) is 2.79. The fourth-order valence-corrected chi connectivity index (χ4v) is 1.67. The zero-order valence-corrected chi connectivity index (χ0v) is 10.2. The molecule has 0 amide bonds. The van der Waals surface area contributed by atoms with Gasteiger partial charge in [0.1, 0.15) is 0 Å². The number of rotatable bonds is 3. The fraction of sp³-hybridized carbons (Fsp3) is 0.538. The lowest BCUT2D eigenvalue weighted by atomic mass is 9.86. The first-order valence-corrected chi connectivity index (χ1v) is 5.55. The fourth-order valence-electron chi connectivity index (χ4n) is 1.67. The van der Waals surface area contributed by atoms with E-state index in [-0.39, 0.29) is 11.5 Å². The summed E-state index contributed by atoms with van der Waals surface area (Å²) in [6, 6.07) is 8.97. The third-order valence-electron chi connectivity index (χ3n) is 2.79. The summed E-state index contributed by atoms with van der Waals surface area (Å²) in [6.07, 6.45) is 1.01. The van der Waals surface area contributed by atoms with Crippen molar-refractivity contribution in [3.05, 3.63) is 35.4 Å². The maximum atomic E-state index is 5.49. The molecule has 0 radical (unpaired) electrons. The maximum Gasteiger partial charge on any atom is 0.0457 e. The zero-order valence-electron chi connectivity index (χ0n) is 10.2. The summed E-state index contributed by atoms with van der Waals surface area (Å²) >= 11 is 0. The van der Waals surface area contributed by atoms with E-state index >= 15 is 0 Å². The van der Waals surface area contributed by atoms with Crippen molar-refractivity contribution in [2.75, 3.05) is 0 Å². The van der Waals surface area contributed by atoms with E-state index in [0.717, 1.165) is 6.42 Å². The summed E-state index contributed by atoms with van der Waals surface area (Å²) in [5.74, 6) is 5.49. The van der Waals surface area contributed by atoms with Crippen LogP contribution in [0.15, 0.2) is 24.3 Å². The molecular formula is C13H22N2. The van der Waals surface area contributed by atoms with E-state index in [9.17, 15) is 0 Å². The maximum absolute atomic E-state index is 5.49. The van der Waals surface area contributed by atoms with Gasteiger partial charge >= 0.3 is 0 Å². The molecule has 0 aliphatic carbocycles. The van der Waals surface area contributed by atoms with Gasteiger partial charge in [0.25, 0.3) is 0 Å². The van der Waals surface area contributed by atoms with Gasteiger partial charge in [-0.2, -0.15) is 0 Å². The van der Waals surface area contributed by atoms with Gasteiger partial charge < -0.3 is 0 Å². The summed E-state index contributed by atoms with van der Waals surface area (Å²) in [7, 11) is 0. The average Bonchev–Trinajstić information content (AvgIpc) is 2.19. The van der Waals surface area contributed by atoms with Crippen molar-refractivity contribution in [2.45, 2.75) is 45.6 Å². The molecule has 2 nitrogen and oxygen atoms in total. The molecule has 0 saturated heterocycles. The highest BCUT2D eigenvalue weighted by molar-refractivity contribution is 5.29. The standard InChI is InChI=1S/C13H22N2/c1-5-12(15-14)10-6-8-11(9-7-10)13(2,3)4/h6-9,12,15H,5,14H2,1-4H3. The summed E-state index contributed by atoms with van der Waals surface area (Å²) < 4.78 is 0. The van der Waals surface area contributed by atoms with E-state index in [0.29, 0.717) is 0 Å². The van der Waals surface area contributed by atoms with Gasteiger partial charge in [-0.3, -0.25) is 11.3 Å². The third kappa shape index (κ3) is 3.05. The monoisotopic (exact) mass is 206 g/mol. The van der Waals surface area contributed by atoms with Crippen molar-refractivity contribution in [1.29, 1.82) is 0 Å². The van der Waals surface area contributed by atoms with Crippen LogP contribution < -0.4 is 11.3 Å². The molecule has 2 heteroatoms. The van der Waals surface area contributed by atoms with E-state index in [4.69, 9.17) is 5.84 Å². The van der Waals surface area contributed by atoms with Crippen molar-refractivity contribution < 1.29 is 0 Å². The SMILES string of the molecule is CCC(NN)c1ccc(C(C)(C)C)cc1. The van der Waals surface area contributed by atoms with Gasteiger partial charge in [0.2, 0.25) is 0 Å². The predicted octanol–water partition coefficient (Wildman–Crippen LogP) is 2.90. The number of hydrazine groups is 1. The molecule has 0 aromatic heterocycles. The Kier molecular flexibility index (Phi) is 3.89. The number of hydrogen-bond acceptors (Lipinski definition) is 2. The smallest absolute Gasteiger partial charge is 0.0457 e. The molecule has 1 aromatic rings. The molecule has 15 heavy (non-hydrogen) atoms. The molecule has 1 unspecified atom stereocenters. The van der Waals surface area contributed by atoms with Crippen LogP contribution in [0, 0.1) is 0 Å². The lowest BCUT2D eigenvalue weighted by Gasteiger charge is -2.20. The molecule has 1 rings (SSSR count). The second-order valence-corrected chi connectivity index (χ2v) is 5.00. The predicted molar refractivity (Wildman–Crippen MR) is 65.5 cm³/mol. The Balaban J connectivity index is 2.89. The Hall–Kier alpha value is -0.860. The molecule has 1 atom stereocenters. The van der Waals surface area contributed by atoms with Crippen LogP contribution in [0.25, 0.3) is 0 Å². The van der Waals surface area contributed by atoms with Crippen LogP contribution in [-0.4, -0.2) is 0 Å². The highest BCUT2D eigenvalue weighted by atomic mass is 15.2. The van der Waals surface area contributed by atoms with Crippen molar-refractivity contribution in [3.8, 4) is 0 Å². The summed E-state index contributed by atoms with van der Waals surface area (Å²) in [4.78, 5) is 0. The van der Waals surface area contributed by atoms with Crippen LogP contribution >= 0.6 is 0 Å². The van der Waals surface area contributed by atoms with E-state index in [1.807, 2.05) is 0 Å². The largest absolute Gasteiger partial charge is 0.271 e. The molecule has 0 aliphatic rings. The van der Waals surface area contributed by atoms with Crippen molar-refractivity contribution >= 4 is 0 Å². The van der Waals surface area contributed by atoms with Crippen molar-refractivity contribution in [2.24, 2.45) is 5.84 Å². The van der Waals surface area contributed by atoms with Crippen molar-refractivity contribution in [3.63, 3.8) is 0 Å². The molecule has 0 heterocycles. The van der Waals surface area contributed by atoms with E-state index in [1.165, 1.54) is 11.1 Å². The lowest BCUT2D eigenvalue weighted by molar-refractivity contribution is 0.537. The quantitative estimate of drug-likeness (QED) is 0.589. The van der Waals surface area contributed by atoms with Gasteiger partial charge in [-0.1, -0.05) is 52.0 Å². The zero-order chi connectivity index (χ0) is 11.5. The molecule has 0 saturated carbocycles. The summed E-state index contributed by atoms with van der Waals surface area (Å²) in [6.45, 7) is 8.80. The molecule has 3 N–H and O–H groups in total. The molecular weight excluding hydrogens is 184 g/mol. The first-order chi connectivity index (χ1) is 6.99. The van der Waals surface area contributed by atoms with Gasteiger partial charge in [0, 0.05) is 6.04 Å². The molecule has 0 aliphatic heterocycles. The number of nitrogens with one attached hydrogen (secondary N) is 1. The van der Waals surface area contributed by atoms with Gasteiger partial charge in [0.15, 0.2) is 0 Å². The molecule has 1 aromatic carbocycles. The highest BCUT2D eigenvalue weighted by Gasteiger charge is 2.14. The average molecular weight is 206 g/mol. The minimum absolute atomic E-state index is 0.219. The normalized spacial score (nSPS) is 13.9. The number of nitrogens with two attached hydrogens (primary N) is 1. The van der Waals surface area contributed by atoms with Gasteiger partial charge in [-0.25, -0.2) is 0 Å². The molecule has 0 bridgehead atoms. The summed E-state index contributed by atoms with van der Waals surface area (Å²) in [5.41, 5.74) is 5.66. The van der Waals surface area contributed by atoms with Crippen LogP contribution in [0.5, 0.6) is 0 Å². The molecule has 84 valence electrons. The summed E-state index contributed by atoms with van der Waals surface area (Å²) in [5, 5.41) is 0. The first-order valence-electron chi connectivity index (χ1n) is 5.55. The Morgan fingerprint density at radius 3 is 2.07 bits per heavy atom. The van der Waals surface area contributed by atoms with Crippen LogP contribution in [-0.2, 0) is 5.41 Å². The van der Waals surface area contributed by atoms with E-state index in [2.05, 4.69) is 57.4 Å². The van der Waals surface area contributed by atoms with Crippen LogP contribution in [0.1, 0.15) is 51.3 Å². The minimum atomic E-state index is 0.219. The Bertz CT molecular complexity index is 291. The first kappa shape index (κ1) is 12.2. The Morgan fingerprint density at radius 1 is 1.20 bits per heavy atom. The van der Waals surface area contributed by atoms with Crippen molar-refractivity contribution in [1.82, 2.24) is 5.43 Å². The Labute approximate surface area is 92.8 Å². The second-order valence-electron chi connectivity index (χ2n) is 5.00. The number of benzene rings is 1. The van der Waals surface area contributed by atoms with Gasteiger partial charge in [-0.15, -0.1) is 0 Å². The van der Waals surface area contributed by atoms with Gasteiger partial charge in [-0.05, 0) is 23.0 Å². The van der Waals surface area contributed by atoms with Crippen LogP contribution in [0.4, 0.5) is 0 Å². The van der Waals surface area contributed by atoms with Gasteiger partial charge in [0.05, 0.1) is 0 Å². The number of hydrogen-bond donors (Lipinski definition) is 2. The molecule has 0 fully saturated rings. The lowest BCUT2D eigenvalue weighted by Crippen LogP contribution is -2.27. The topological polar surface area (TPSA) is 38.0 Å². The highest BCUT2D eigenvalue weighted by Crippen LogP contribution is 2.24. The Morgan fingerprint density at radius 2 is 1.73 bits per heavy atom. The van der Waals surface area contributed by atoms with Crippen LogP contribution in [0.3, 0.4) is 0 Å². The van der Waals surface area contributed by atoms with E-state index < -0.39 is 0 Å². The molecule has 0 spiro atoms. The van der Waals surface area contributed by atoms with E-state index in [1.54, 1.807) is 0 Å². The minimum Gasteiger partial charge on any atom is -0.271 e.